The topological polar surface area (TPSA) is 194 Å². The molecular formula is C49H60FN5O10S. The van der Waals surface area contributed by atoms with Crippen LogP contribution in [0.1, 0.15) is 91.9 Å². The lowest BCUT2D eigenvalue weighted by atomic mass is 9.86. The molecule has 2 aromatic carbocycles. The molecule has 1 saturated heterocycles. The van der Waals surface area contributed by atoms with Crippen molar-refractivity contribution in [3.63, 3.8) is 0 Å². The summed E-state index contributed by atoms with van der Waals surface area (Å²) >= 11 is 0. The Hall–Kier alpha value is -5.45. The SMILES string of the molecule is COc1cc2cc(-c3ccc(OC(C)C)cc3)nc(O[C@@H]3C[C@H]4C(=O)N[C@]5(C(=O)NS(=O)(=O)C6CC6)C[C@H]5/C=C\CC[C@@H](C)C[C@@H](C)[C@H](N(C(=O)O)C5CC6C[C@H]6C5)C(=O)N4C3)c2cc1F. The van der Waals surface area contributed by atoms with Crippen LogP contribution >= 0.6 is 0 Å². The van der Waals surface area contributed by atoms with Crippen LogP contribution in [-0.2, 0) is 24.4 Å². The second-order valence-corrected chi connectivity index (χ2v) is 21.9. The first-order chi connectivity index (χ1) is 31.4. The summed E-state index contributed by atoms with van der Waals surface area (Å²) in [5.74, 6) is -2.05. The number of sulfonamides is 1. The van der Waals surface area contributed by atoms with Crippen LogP contribution in [0.5, 0.6) is 17.4 Å². The predicted molar refractivity (Wildman–Crippen MR) is 243 cm³/mol. The molecule has 10 atom stereocenters. The summed E-state index contributed by atoms with van der Waals surface area (Å²) in [6.45, 7) is 7.67. The van der Waals surface area contributed by atoms with Crippen LogP contribution in [0, 0.1) is 35.4 Å². The molecule has 17 heteroatoms. The highest BCUT2D eigenvalue weighted by Crippen LogP contribution is 2.54. The zero-order valence-corrected chi connectivity index (χ0v) is 38.9. The van der Waals surface area contributed by atoms with E-state index in [4.69, 9.17) is 19.2 Å². The van der Waals surface area contributed by atoms with Gasteiger partial charge in [-0.3, -0.25) is 24.0 Å². The van der Waals surface area contributed by atoms with Crippen LogP contribution in [-0.4, -0.2) is 107 Å². The molecule has 354 valence electrons. The van der Waals surface area contributed by atoms with Gasteiger partial charge in [0, 0.05) is 29.3 Å². The smallest absolute Gasteiger partial charge is 0.408 e. The third-order valence-corrected chi connectivity index (χ3v) is 16.4. The van der Waals surface area contributed by atoms with Gasteiger partial charge in [0.2, 0.25) is 27.7 Å². The fraction of sp³-hybridized carbons (Fsp3) is 0.571. The zero-order chi connectivity index (χ0) is 46.8. The van der Waals surface area contributed by atoms with E-state index in [0.717, 1.165) is 12.8 Å². The number of pyridine rings is 1. The summed E-state index contributed by atoms with van der Waals surface area (Å²) in [7, 11) is -2.60. The van der Waals surface area contributed by atoms with Gasteiger partial charge >= 0.3 is 6.09 Å². The Morgan fingerprint density at radius 3 is 2.41 bits per heavy atom. The first kappa shape index (κ1) is 45.7. The Balaban J connectivity index is 1.10. The summed E-state index contributed by atoms with van der Waals surface area (Å²) in [5, 5.41) is 14.0. The number of amides is 4. The number of benzene rings is 2. The summed E-state index contributed by atoms with van der Waals surface area (Å²) in [6, 6.07) is 9.16. The Labute approximate surface area is 384 Å². The van der Waals surface area contributed by atoms with Gasteiger partial charge in [0.15, 0.2) is 11.6 Å². The van der Waals surface area contributed by atoms with Gasteiger partial charge in [-0.2, -0.15) is 0 Å². The van der Waals surface area contributed by atoms with Crippen molar-refractivity contribution in [1.29, 1.82) is 0 Å². The van der Waals surface area contributed by atoms with Crippen molar-refractivity contribution in [1.82, 2.24) is 24.8 Å². The lowest BCUT2D eigenvalue weighted by molar-refractivity contribution is -0.145. The average molecular weight is 930 g/mol. The van der Waals surface area contributed by atoms with Crippen molar-refractivity contribution in [3.05, 3.63) is 60.4 Å². The number of carbonyl (C=O) groups is 4. The molecule has 9 rings (SSSR count). The quantitative estimate of drug-likeness (QED) is 0.171. The van der Waals surface area contributed by atoms with Crippen molar-refractivity contribution in [3.8, 4) is 28.6 Å². The molecule has 4 amide bonds. The monoisotopic (exact) mass is 929 g/mol. The molecule has 4 saturated carbocycles. The van der Waals surface area contributed by atoms with E-state index in [1.54, 1.807) is 12.1 Å². The highest BCUT2D eigenvalue weighted by atomic mass is 32.2. The van der Waals surface area contributed by atoms with Crippen LogP contribution in [0.2, 0.25) is 0 Å². The Morgan fingerprint density at radius 1 is 1.02 bits per heavy atom. The lowest BCUT2D eigenvalue weighted by Gasteiger charge is -2.40. The maximum atomic E-state index is 15.5. The van der Waals surface area contributed by atoms with Gasteiger partial charge in [0.25, 0.3) is 5.91 Å². The molecule has 1 aromatic heterocycles. The second kappa shape index (κ2) is 17.6. The van der Waals surface area contributed by atoms with E-state index in [2.05, 4.69) is 17.0 Å². The summed E-state index contributed by atoms with van der Waals surface area (Å²) in [4.78, 5) is 65.4. The molecule has 3 N–H and O–H groups in total. The van der Waals surface area contributed by atoms with Gasteiger partial charge in [-0.1, -0.05) is 26.0 Å². The van der Waals surface area contributed by atoms with E-state index in [1.165, 1.54) is 23.0 Å². The van der Waals surface area contributed by atoms with Crippen molar-refractivity contribution in [2.75, 3.05) is 13.7 Å². The molecule has 4 aliphatic carbocycles. The third kappa shape index (κ3) is 9.15. The molecule has 3 aromatic rings. The van der Waals surface area contributed by atoms with Gasteiger partial charge in [0.05, 0.1) is 30.7 Å². The number of carbonyl (C=O) groups excluding carboxylic acids is 3. The molecule has 3 heterocycles. The molecule has 66 heavy (non-hydrogen) atoms. The molecular weight excluding hydrogens is 870 g/mol. The number of allylic oxidation sites excluding steroid dienone is 1. The highest BCUT2D eigenvalue weighted by molar-refractivity contribution is 7.91. The number of nitrogens with one attached hydrogen (secondary N) is 2. The molecule has 5 fully saturated rings. The number of methoxy groups -OCH3 is 1. The minimum atomic E-state index is -3.97. The van der Waals surface area contributed by atoms with Gasteiger partial charge < -0.3 is 29.5 Å². The van der Waals surface area contributed by atoms with Crippen molar-refractivity contribution >= 4 is 44.6 Å². The number of aromatic nitrogens is 1. The number of carboxylic acid groups (broad SMARTS) is 1. The Morgan fingerprint density at radius 2 is 1.74 bits per heavy atom. The number of nitrogens with zero attached hydrogens (tertiary/aromatic N) is 3. The molecule has 15 nitrogen and oxygen atoms in total. The minimum Gasteiger partial charge on any atom is -0.494 e. The van der Waals surface area contributed by atoms with Crippen LogP contribution in [0.3, 0.4) is 0 Å². The number of halogens is 1. The maximum absolute atomic E-state index is 15.5. The number of hydrogen-bond acceptors (Lipinski definition) is 10. The molecule has 0 bridgehead atoms. The first-order valence-corrected chi connectivity index (χ1v) is 25.0. The fourth-order valence-corrected chi connectivity index (χ4v) is 12.2. The number of hydrogen-bond donors (Lipinski definition) is 3. The number of ether oxygens (including phenoxy) is 3. The van der Waals surface area contributed by atoms with Crippen LogP contribution in [0.25, 0.3) is 22.0 Å². The van der Waals surface area contributed by atoms with E-state index in [9.17, 15) is 27.9 Å². The van der Waals surface area contributed by atoms with Crippen LogP contribution < -0.4 is 24.2 Å². The summed E-state index contributed by atoms with van der Waals surface area (Å²) < 4.78 is 61.7. The normalized spacial score (nSPS) is 31.4. The summed E-state index contributed by atoms with van der Waals surface area (Å²) in [6.07, 6.45) is 6.84. The minimum absolute atomic E-state index is 0.00784. The fourth-order valence-electron chi connectivity index (χ4n) is 10.8. The predicted octanol–water partition coefficient (Wildman–Crippen LogP) is 6.83. The number of rotatable bonds is 11. The standard InChI is InChI=1S/C49H60FN5O10S/c1-26(2)64-35-12-10-29(11-13-35)40-20-32-21-42(63-5)39(50)23-38(32)45(51-40)65-36-22-41-44(56)52-49(47(58)53-66(61,62)37-14-15-37)24-33(49)9-7-6-8-27(3)16-28(4)43(46(57)54(41)25-36)55(48(59)60)34-18-30-17-31(30)19-34/h7,9-13,20-21,23,26-28,30-31,33-34,36-37,41,43H,6,8,14-19,22,24-25H2,1-5H3,(H,52,56)(H,53,58)(H,59,60)/b9-7-/t27-,28-,30+,31?,33-,34?,36-,41+,43+,49-/m1/s1. The second-order valence-electron chi connectivity index (χ2n) is 20.0. The summed E-state index contributed by atoms with van der Waals surface area (Å²) in [5.41, 5.74) is -0.405. The van der Waals surface area contributed by atoms with Crippen molar-refractivity contribution < 1.29 is 51.3 Å². The van der Waals surface area contributed by atoms with E-state index in [-0.39, 0.29) is 49.1 Å². The van der Waals surface area contributed by atoms with Crippen molar-refractivity contribution in [2.24, 2.45) is 29.6 Å². The third-order valence-electron chi connectivity index (χ3n) is 14.6. The van der Waals surface area contributed by atoms with E-state index < -0.39 is 80.5 Å². The first-order valence-electron chi connectivity index (χ1n) is 23.4. The van der Waals surface area contributed by atoms with E-state index in [1.807, 2.05) is 57.2 Å². The molecule has 2 aliphatic heterocycles. The van der Waals surface area contributed by atoms with Crippen molar-refractivity contribution in [2.45, 2.75) is 133 Å². The molecule has 0 spiro atoms. The van der Waals surface area contributed by atoms with E-state index >= 15 is 9.18 Å². The Kier molecular flexibility index (Phi) is 12.2. The van der Waals surface area contributed by atoms with Crippen LogP contribution in [0.15, 0.2) is 54.6 Å². The number of fused-ring (bicyclic) bond motifs is 4. The lowest BCUT2D eigenvalue weighted by Crippen LogP contribution is -2.61. The molecule has 2 unspecified atom stereocenters. The van der Waals surface area contributed by atoms with Gasteiger partial charge in [-0.05, 0) is 143 Å². The largest absolute Gasteiger partial charge is 0.494 e. The van der Waals surface area contributed by atoms with E-state index in [0.29, 0.717) is 78.1 Å². The highest BCUT2D eigenvalue weighted by Gasteiger charge is 2.62. The zero-order valence-electron chi connectivity index (χ0n) is 38.1. The van der Waals surface area contributed by atoms with Gasteiger partial charge in [-0.25, -0.2) is 22.6 Å². The Bertz CT molecular complexity index is 2540. The molecule has 0 radical (unpaired) electrons. The van der Waals surface area contributed by atoms with Crippen LogP contribution in [0.4, 0.5) is 9.18 Å². The maximum Gasteiger partial charge on any atom is 0.408 e. The van der Waals surface area contributed by atoms with Gasteiger partial charge in [-0.15, -0.1) is 0 Å². The van der Waals surface area contributed by atoms with Gasteiger partial charge in [0.1, 0.15) is 29.5 Å². The molecule has 6 aliphatic rings. The average Bonchev–Trinajstić information content (AvgIpc) is 4.23.